The standard InChI is InChI=1S/C17H17FN6O2/c1-10-9-19-17(24-5-7-26-8-6-24)22-13(10)15(25)23-16-20-12-4-2-3-11(18)14(12)21-16/h2-4,9H,5-8H2,1H3,(H2,20,21,23,25). The molecule has 2 N–H and O–H groups in total. The number of benzene rings is 1. The highest BCUT2D eigenvalue weighted by molar-refractivity contribution is 6.03. The molecule has 2 aromatic heterocycles. The van der Waals surface area contributed by atoms with Crippen LogP contribution in [-0.4, -0.2) is 52.1 Å². The molecule has 9 heteroatoms. The summed E-state index contributed by atoms with van der Waals surface area (Å²) in [7, 11) is 0. The molecule has 0 spiro atoms. The van der Waals surface area contributed by atoms with Crippen LogP contribution in [0.1, 0.15) is 16.1 Å². The van der Waals surface area contributed by atoms with Gasteiger partial charge in [-0.1, -0.05) is 6.07 Å². The molecule has 1 amide bonds. The number of rotatable bonds is 3. The van der Waals surface area contributed by atoms with Crippen molar-refractivity contribution >= 4 is 28.8 Å². The number of ether oxygens (including phenoxy) is 1. The highest BCUT2D eigenvalue weighted by Crippen LogP contribution is 2.18. The van der Waals surface area contributed by atoms with E-state index in [1.54, 1.807) is 25.3 Å². The van der Waals surface area contributed by atoms with Gasteiger partial charge in [-0.2, -0.15) is 0 Å². The lowest BCUT2D eigenvalue weighted by Crippen LogP contribution is -2.37. The zero-order valence-corrected chi connectivity index (χ0v) is 14.1. The van der Waals surface area contributed by atoms with E-state index in [0.29, 0.717) is 43.3 Å². The molecule has 1 saturated heterocycles. The van der Waals surface area contributed by atoms with E-state index < -0.39 is 11.7 Å². The third kappa shape index (κ3) is 3.08. The number of aromatic amines is 1. The summed E-state index contributed by atoms with van der Waals surface area (Å²) in [5.74, 6) is -0.230. The third-order valence-electron chi connectivity index (χ3n) is 4.16. The Morgan fingerprint density at radius 1 is 1.31 bits per heavy atom. The van der Waals surface area contributed by atoms with Crippen LogP contribution in [0, 0.1) is 12.7 Å². The number of para-hydroxylation sites is 1. The molecule has 0 radical (unpaired) electrons. The number of anilines is 2. The highest BCUT2D eigenvalue weighted by Gasteiger charge is 2.19. The van der Waals surface area contributed by atoms with E-state index in [9.17, 15) is 9.18 Å². The maximum Gasteiger partial charge on any atom is 0.277 e. The molecule has 0 bridgehead atoms. The van der Waals surface area contributed by atoms with Gasteiger partial charge in [-0.25, -0.2) is 19.3 Å². The Morgan fingerprint density at radius 2 is 2.12 bits per heavy atom. The van der Waals surface area contributed by atoms with Gasteiger partial charge in [-0.3, -0.25) is 10.1 Å². The van der Waals surface area contributed by atoms with Crippen molar-refractivity contribution in [3.05, 3.63) is 41.5 Å². The van der Waals surface area contributed by atoms with E-state index in [1.165, 1.54) is 6.07 Å². The lowest BCUT2D eigenvalue weighted by molar-refractivity contribution is 0.102. The highest BCUT2D eigenvalue weighted by atomic mass is 19.1. The topological polar surface area (TPSA) is 96.0 Å². The van der Waals surface area contributed by atoms with E-state index in [2.05, 4.69) is 25.3 Å². The molecular weight excluding hydrogens is 339 g/mol. The summed E-state index contributed by atoms with van der Waals surface area (Å²) in [4.78, 5) is 30.3. The number of aryl methyl sites for hydroxylation is 1. The summed E-state index contributed by atoms with van der Waals surface area (Å²) >= 11 is 0. The van der Waals surface area contributed by atoms with Crippen molar-refractivity contribution in [1.82, 2.24) is 19.9 Å². The largest absolute Gasteiger partial charge is 0.378 e. The Bertz CT molecular complexity index is 967. The quantitative estimate of drug-likeness (QED) is 0.744. The number of carbonyl (C=O) groups is 1. The molecule has 0 aliphatic carbocycles. The second-order valence-electron chi connectivity index (χ2n) is 5.98. The molecular formula is C17H17FN6O2. The summed E-state index contributed by atoms with van der Waals surface area (Å²) in [5.41, 5.74) is 1.58. The first-order valence-corrected chi connectivity index (χ1v) is 8.24. The molecule has 0 saturated carbocycles. The number of hydrogen-bond donors (Lipinski definition) is 2. The number of morpholine rings is 1. The zero-order chi connectivity index (χ0) is 18.1. The first kappa shape index (κ1) is 16.4. The number of imidazole rings is 1. The number of amides is 1. The smallest absolute Gasteiger partial charge is 0.277 e. The maximum atomic E-state index is 13.8. The van der Waals surface area contributed by atoms with Crippen LogP contribution in [0.15, 0.2) is 24.4 Å². The van der Waals surface area contributed by atoms with Gasteiger partial charge < -0.3 is 14.6 Å². The second kappa shape index (κ2) is 6.68. The minimum Gasteiger partial charge on any atom is -0.378 e. The van der Waals surface area contributed by atoms with Crippen LogP contribution in [0.4, 0.5) is 16.3 Å². The van der Waals surface area contributed by atoms with E-state index in [-0.39, 0.29) is 17.2 Å². The number of nitrogens with zero attached hydrogens (tertiary/aromatic N) is 4. The maximum absolute atomic E-state index is 13.8. The fourth-order valence-corrected chi connectivity index (χ4v) is 2.80. The molecule has 1 aliphatic heterocycles. The Labute approximate surface area is 148 Å². The molecule has 4 rings (SSSR count). The lowest BCUT2D eigenvalue weighted by atomic mass is 10.2. The van der Waals surface area contributed by atoms with Gasteiger partial charge in [0.25, 0.3) is 5.91 Å². The van der Waals surface area contributed by atoms with E-state index in [1.807, 2.05) is 4.90 Å². The number of hydrogen-bond acceptors (Lipinski definition) is 6. The van der Waals surface area contributed by atoms with Gasteiger partial charge >= 0.3 is 0 Å². The van der Waals surface area contributed by atoms with Crippen LogP contribution in [0.3, 0.4) is 0 Å². The molecule has 3 aromatic rings. The molecule has 1 fully saturated rings. The van der Waals surface area contributed by atoms with Crippen molar-refractivity contribution < 1.29 is 13.9 Å². The van der Waals surface area contributed by atoms with Gasteiger partial charge in [0, 0.05) is 19.3 Å². The van der Waals surface area contributed by atoms with Gasteiger partial charge in [0.1, 0.15) is 11.2 Å². The van der Waals surface area contributed by atoms with Gasteiger partial charge in [-0.05, 0) is 24.6 Å². The predicted octanol–water partition coefficient (Wildman–Crippen LogP) is 1.89. The first-order valence-electron chi connectivity index (χ1n) is 8.24. The molecule has 3 heterocycles. The fourth-order valence-electron chi connectivity index (χ4n) is 2.80. The third-order valence-corrected chi connectivity index (χ3v) is 4.16. The van der Waals surface area contributed by atoms with Crippen LogP contribution in [0.25, 0.3) is 11.0 Å². The summed E-state index contributed by atoms with van der Waals surface area (Å²) in [6.07, 6.45) is 1.62. The Hall–Kier alpha value is -3.07. The van der Waals surface area contributed by atoms with Gasteiger partial charge in [0.2, 0.25) is 11.9 Å². The molecule has 134 valence electrons. The SMILES string of the molecule is Cc1cnc(N2CCOCC2)nc1C(=O)Nc1nc2c(F)cccc2[nH]1. The lowest BCUT2D eigenvalue weighted by Gasteiger charge is -2.27. The zero-order valence-electron chi connectivity index (χ0n) is 14.1. The van der Waals surface area contributed by atoms with Crippen molar-refractivity contribution in [2.24, 2.45) is 0 Å². The van der Waals surface area contributed by atoms with E-state index in [4.69, 9.17) is 4.74 Å². The summed E-state index contributed by atoms with van der Waals surface area (Å²) in [6.45, 7) is 4.31. The molecule has 0 unspecified atom stereocenters. The van der Waals surface area contributed by atoms with Crippen molar-refractivity contribution in [1.29, 1.82) is 0 Å². The van der Waals surface area contributed by atoms with Crippen LogP contribution in [-0.2, 0) is 4.74 Å². The summed E-state index contributed by atoms with van der Waals surface area (Å²) in [5, 5.41) is 2.64. The average Bonchev–Trinajstić information content (AvgIpc) is 3.06. The molecule has 26 heavy (non-hydrogen) atoms. The normalized spacial score (nSPS) is 14.6. The van der Waals surface area contributed by atoms with Crippen molar-refractivity contribution in [3.8, 4) is 0 Å². The first-order chi connectivity index (χ1) is 12.6. The van der Waals surface area contributed by atoms with Crippen LogP contribution in [0.2, 0.25) is 0 Å². The molecule has 0 atom stereocenters. The van der Waals surface area contributed by atoms with Gasteiger partial charge in [-0.15, -0.1) is 0 Å². The Balaban J connectivity index is 1.59. The van der Waals surface area contributed by atoms with Crippen molar-refractivity contribution in [3.63, 3.8) is 0 Å². The summed E-state index contributed by atoms with van der Waals surface area (Å²) < 4.78 is 19.1. The number of halogens is 1. The van der Waals surface area contributed by atoms with Crippen molar-refractivity contribution in [2.75, 3.05) is 36.5 Å². The predicted molar refractivity (Wildman–Crippen MR) is 93.8 cm³/mol. The number of nitrogens with one attached hydrogen (secondary N) is 2. The molecule has 8 nitrogen and oxygen atoms in total. The van der Waals surface area contributed by atoms with Crippen LogP contribution >= 0.6 is 0 Å². The van der Waals surface area contributed by atoms with Crippen molar-refractivity contribution in [2.45, 2.75) is 6.92 Å². The molecule has 1 aromatic carbocycles. The number of aromatic nitrogens is 4. The van der Waals surface area contributed by atoms with Crippen LogP contribution < -0.4 is 10.2 Å². The van der Waals surface area contributed by atoms with Gasteiger partial charge in [0.15, 0.2) is 5.82 Å². The van der Waals surface area contributed by atoms with Gasteiger partial charge in [0.05, 0.1) is 18.7 Å². The number of carbonyl (C=O) groups excluding carboxylic acids is 1. The van der Waals surface area contributed by atoms with E-state index in [0.717, 1.165) is 0 Å². The fraction of sp³-hybridized carbons (Fsp3) is 0.294. The number of fused-ring (bicyclic) bond motifs is 1. The monoisotopic (exact) mass is 356 g/mol. The minimum absolute atomic E-state index is 0.168. The molecule has 1 aliphatic rings. The van der Waals surface area contributed by atoms with Crippen LogP contribution in [0.5, 0.6) is 0 Å². The summed E-state index contributed by atoms with van der Waals surface area (Å²) in [6, 6.07) is 4.58. The Morgan fingerprint density at radius 3 is 2.88 bits per heavy atom. The average molecular weight is 356 g/mol. The second-order valence-corrected chi connectivity index (χ2v) is 5.98. The minimum atomic E-state index is -0.452. The van der Waals surface area contributed by atoms with E-state index >= 15 is 0 Å². The number of H-pyrrole nitrogens is 1. The Kier molecular flexibility index (Phi) is 4.21.